The van der Waals surface area contributed by atoms with E-state index in [9.17, 15) is 65.4 Å². The second-order valence-corrected chi connectivity index (χ2v) is 20.7. The van der Waals surface area contributed by atoms with Gasteiger partial charge in [-0.1, -0.05) is 92.0 Å². The third-order valence-electron chi connectivity index (χ3n) is 13.5. The van der Waals surface area contributed by atoms with Gasteiger partial charge in [-0.25, -0.2) is 0 Å². The molecule has 2 bridgehead atoms. The quantitative estimate of drug-likeness (QED) is 0.160. The van der Waals surface area contributed by atoms with Gasteiger partial charge >= 0.3 is 5.97 Å². The molecule has 20 heteroatoms. The molecule has 73 heavy (non-hydrogen) atoms. The Bertz CT molecular complexity index is 1940. The summed E-state index contributed by atoms with van der Waals surface area (Å²) >= 11 is 0. The van der Waals surface area contributed by atoms with E-state index in [1.165, 1.54) is 0 Å². The summed E-state index contributed by atoms with van der Waals surface area (Å²) in [6.45, 7) is 7.06. The Labute approximate surface area is 428 Å². The normalized spacial score (nSPS) is 42.5. The molecule has 9 unspecified atom stereocenters. The highest BCUT2D eigenvalue weighted by atomic mass is 16.7. The lowest BCUT2D eigenvalue weighted by Crippen LogP contribution is -2.59. The lowest BCUT2D eigenvalue weighted by molar-refractivity contribution is -0.304. The van der Waals surface area contributed by atoms with E-state index < -0.39 is 140 Å². The van der Waals surface area contributed by atoms with Crippen molar-refractivity contribution in [2.45, 2.75) is 195 Å². The summed E-state index contributed by atoms with van der Waals surface area (Å²) in [6, 6.07) is -1.13. The van der Waals surface area contributed by atoms with Crippen molar-refractivity contribution in [1.82, 2.24) is 10.6 Å². The Balaban J connectivity index is 1.58. The van der Waals surface area contributed by atoms with E-state index >= 15 is 0 Å². The monoisotopic (exact) mass is 1030 g/mol. The zero-order valence-corrected chi connectivity index (χ0v) is 42.5. The van der Waals surface area contributed by atoms with Gasteiger partial charge in [0.1, 0.15) is 12.2 Å². The molecule has 0 spiro atoms. The van der Waals surface area contributed by atoms with Crippen molar-refractivity contribution >= 4 is 17.8 Å². The van der Waals surface area contributed by atoms with Gasteiger partial charge in [-0.15, -0.1) is 0 Å². The molecule has 412 valence electrons. The predicted molar refractivity (Wildman–Crippen MR) is 268 cm³/mol. The van der Waals surface area contributed by atoms with Gasteiger partial charge in [-0.3, -0.25) is 14.4 Å². The first kappa shape index (κ1) is 61.6. The lowest BCUT2D eigenvalue weighted by Gasteiger charge is -2.45. The van der Waals surface area contributed by atoms with Crippen LogP contribution in [0.15, 0.2) is 85.1 Å². The van der Waals surface area contributed by atoms with Crippen molar-refractivity contribution in [3.05, 3.63) is 85.1 Å². The average Bonchev–Trinajstić information content (AvgIpc) is 3.56. The average molecular weight is 1030 g/mol. The van der Waals surface area contributed by atoms with E-state index in [-0.39, 0.29) is 63.0 Å². The molecule has 18 atom stereocenters. The molecule has 4 heterocycles. The Kier molecular flexibility index (Phi) is 25.3. The molecule has 4 aliphatic heterocycles. The number of carbonyl (C=O) groups is 3. The van der Waals surface area contributed by atoms with Crippen LogP contribution in [0.3, 0.4) is 0 Å². The number of rotatable bonds is 6. The van der Waals surface area contributed by atoms with Gasteiger partial charge in [0.25, 0.3) is 0 Å². The van der Waals surface area contributed by atoms with E-state index in [1.54, 1.807) is 61.6 Å². The highest BCUT2D eigenvalue weighted by Crippen LogP contribution is 2.38. The molecule has 0 aromatic heterocycles. The summed E-state index contributed by atoms with van der Waals surface area (Å²) < 4.78 is 23.4. The maximum Gasteiger partial charge on any atom is 0.308 e. The minimum Gasteiger partial charge on any atom is -0.462 e. The Hall–Kier alpha value is -3.97. The van der Waals surface area contributed by atoms with Crippen molar-refractivity contribution in [2.75, 3.05) is 13.2 Å². The number of nitrogens with two attached hydrogens (primary N) is 1. The van der Waals surface area contributed by atoms with E-state index in [0.717, 1.165) is 0 Å². The molecule has 3 saturated heterocycles. The molecule has 4 aliphatic rings. The number of aliphatic hydroxyl groups is 10. The Morgan fingerprint density at radius 3 is 1.96 bits per heavy atom. The first-order valence-corrected chi connectivity index (χ1v) is 25.5. The summed E-state index contributed by atoms with van der Waals surface area (Å²) in [5.41, 5.74) is 5.63. The van der Waals surface area contributed by atoms with Crippen LogP contribution in [0.2, 0.25) is 0 Å². The number of nitrogens with one attached hydrogen (secondary N) is 2. The summed E-state index contributed by atoms with van der Waals surface area (Å²) in [6.07, 6.45) is 6.14. The van der Waals surface area contributed by atoms with Crippen molar-refractivity contribution < 1.29 is 84.4 Å². The van der Waals surface area contributed by atoms with Crippen molar-refractivity contribution in [3.8, 4) is 0 Å². The third kappa shape index (κ3) is 21.3. The zero-order chi connectivity index (χ0) is 53.9. The Morgan fingerprint density at radius 2 is 1.34 bits per heavy atom. The van der Waals surface area contributed by atoms with Gasteiger partial charge in [-0.2, -0.15) is 0 Å². The zero-order valence-electron chi connectivity index (χ0n) is 42.5. The molecular formula is C53H83N3O17. The minimum atomic E-state index is -2.31. The second-order valence-electron chi connectivity index (χ2n) is 20.7. The summed E-state index contributed by atoms with van der Waals surface area (Å²) in [4.78, 5) is 39.2. The molecule has 0 radical (unpaired) electrons. The van der Waals surface area contributed by atoms with Gasteiger partial charge in [0, 0.05) is 56.0 Å². The van der Waals surface area contributed by atoms with Crippen molar-refractivity contribution in [1.29, 1.82) is 0 Å². The van der Waals surface area contributed by atoms with Gasteiger partial charge in [-0.05, 0) is 52.9 Å². The maximum absolute atomic E-state index is 14.0. The van der Waals surface area contributed by atoms with E-state index in [0.29, 0.717) is 12.8 Å². The molecule has 3 fully saturated rings. The smallest absolute Gasteiger partial charge is 0.308 e. The molecule has 0 saturated carbocycles. The van der Waals surface area contributed by atoms with E-state index in [1.807, 2.05) is 51.2 Å². The fraction of sp³-hybridized carbons (Fsp3) is 0.679. The molecular weight excluding hydrogens is 951 g/mol. The highest BCUT2D eigenvalue weighted by Gasteiger charge is 2.51. The number of cyclic esters (lactones) is 1. The highest BCUT2D eigenvalue weighted by molar-refractivity contribution is 5.82. The number of aliphatic hydroxyl groups excluding tert-OH is 9. The fourth-order valence-electron chi connectivity index (χ4n) is 9.43. The molecule has 14 N–H and O–H groups in total. The van der Waals surface area contributed by atoms with Crippen LogP contribution in [-0.2, 0) is 33.3 Å². The second kappa shape index (κ2) is 29.9. The van der Waals surface area contributed by atoms with Crippen LogP contribution in [0.1, 0.15) is 98.3 Å². The molecule has 0 aliphatic carbocycles. The van der Waals surface area contributed by atoms with Gasteiger partial charge in [0.05, 0.1) is 86.0 Å². The number of carbonyl (C=O) groups excluding carboxylic acids is 3. The standard InChI is InChI=1S/C53H83N3O17/c1-32-17-15-13-11-9-7-5-6-8-10-12-14-16-18-38(72-51-48(66)47(54)43(64)31-70-51)27-44-46(50(68)55-22-21-34-28-52(3,4)56-49(34)67)42(63)30-53(69,73-44)29-37(59)25-41(62)39(60)20-19-35(57)24-36(58)26-45(65)71-33(2)23-40(32)61/h5-18,32-44,46-48,51,57-64,66,69H,19-31,54H2,1-4H3,(H,55,68)(H,56,67)/b6-5+,9-7+,10-8+,13-11+,14-12+,17-15+,18-16+/t32-,33-,34?,35?,36?,37?,38?,39?,40-,41?,42-,43+,44-,46?,47-,48-,51-,53?/m0/s1. The van der Waals surface area contributed by atoms with Crippen LogP contribution in [0, 0.1) is 17.8 Å². The number of allylic oxidation sites excluding steroid dienone is 12. The van der Waals surface area contributed by atoms with E-state index in [4.69, 9.17) is 24.7 Å². The first-order valence-electron chi connectivity index (χ1n) is 25.5. The third-order valence-corrected chi connectivity index (χ3v) is 13.5. The predicted octanol–water partition coefficient (Wildman–Crippen LogP) is 0.414. The number of fused-ring (bicyclic) bond motifs is 2. The van der Waals surface area contributed by atoms with Gasteiger partial charge in [0.2, 0.25) is 11.8 Å². The topological polar surface area (TPSA) is 341 Å². The summed E-state index contributed by atoms with van der Waals surface area (Å²) in [5.74, 6) is -5.79. The van der Waals surface area contributed by atoms with Gasteiger partial charge < -0.3 is 86.4 Å². The molecule has 4 rings (SSSR count). The number of esters is 1. The van der Waals surface area contributed by atoms with Crippen LogP contribution < -0.4 is 16.4 Å². The van der Waals surface area contributed by atoms with Crippen LogP contribution >= 0.6 is 0 Å². The minimum absolute atomic E-state index is 0.0736. The molecule has 20 nitrogen and oxygen atoms in total. The molecule has 0 aromatic rings. The van der Waals surface area contributed by atoms with Crippen LogP contribution in [0.25, 0.3) is 0 Å². The number of ether oxygens (including phenoxy) is 4. The maximum atomic E-state index is 14.0. The van der Waals surface area contributed by atoms with Crippen LogP contribution in [0.4, 0.5) is 0 Å². The van der Waals surface area contributed by atoms with Crippen molar-refractivity contribution in [2.24, 2.45) is 23.5 Å². The molecule has 0 aromatic carbocycles. The SMILES string of the molecule is C[C@H]1C[C@H](O)[C@@H](C)/C=C/C=C/C=C/C=C/C=C/C=C/C=C/C(O[C@@H]2OC[C@@H](O)[C@H](N)[C@@H]2O)C[C@@H]2OC(O)(CC(O)CC(O)C(O)CCC(O)CC(O)CC(=O)O1)C[C@H](O)C2C(=O)NCCC1CC(C)(C)NC1=O. The number of hydrogen-bond acceptors (Lipinski definition) is 18. The lowest BCUT2D eigenvalue weighted by atomic mass is 9.82. The summed E-state index contributed by atoms with van der Waals surface area (Å²) in [7, 11) is 0. The first-order chi connectivity index (χ1) is 34.5. The fourth-order valence-corrected chi connectivity index (χ4v) is 9.43. The van der Waals surface area contributed by atoms with E-state index in [2.05, 4.69) is 10.6 Å². The molecule has 2 amide bonds. The van der Waals surface area contributed by atoms with Gasteiger partial charge in [0.15, 0.2) is 12.1 Å². The van der Waals surface area contributed by atoms with Crippen LogP contribution in [-0.4, -0.2) is 179 Å². The number of amides is 2. The Morgan fingerprint density at radius 1 is 0.726 bits per heavy atom. The van der Waals surface area contributed by atoms with Crippen molar-refractivity contribution in [3.63, 3.8) is 0 Å². The largest absolute Gasteiger partial charge is 0.462 e. The summed E-state index contributed by atoms with van der Waals surface area (Å²) in [5, 5.41) is 115. The van der Waals surface area contributed by atoms with Crippen LogP contribution in [0.5, 0.6) is 0 Å². The number of hydrogen-bond donors (Lipinski definition) is 13.